The molecule has 10 rings (SSSR count). The Balaban J connectivity index is 0.893. The fourth-order valence-electron chi connectivity index (χ4n) is 10.2. The molecule has 0 aliphatic heterocycles. The largest absolute Gasteiger partial charge is 0.309 e. The van der Waals surface area contributed by atoms with Gasteiger partial charge in [-0.25, -0.2) is 0 Å². The van der Waals surface area contributed by atoms with Gasteiger partial charge < -0.3 is 21.3 Å². The summed E-state index contributed by atoms with van der Waals surface area (Å²) in [5.41, 5.74) is 5.70. The summed E-state index contributed by atoms with van der Waals surface area (Å²) in [7, 11) is 0. The van der Waals surface area contributed by atoms with Crippen molar-refractivity contribution in [3.05, 3.63) is 192 Å². The number of nitrogens with zero attached hydrogens (tertiary/aromatic N) is 12. The van der Waals surface area contributed by atoms with Crippen molar-refractivity contribution < 1.29 is 19.2 Å². The third-order valence-corrected chi connectivity index (χ3v) is 13.7. The first kappa shape index (κ1) is 50.3. The van der Waals surface area contributed by atoms with E-state index in [1.165, 1.54) is 0 Å². The molecular weight excluding hydrogens is 961 g/mol. The van der Waals surface area contributed by atoms with Crippen LogP contribution < -0.4 is 21.3 Å². The first-order chi connectivity index (χ1) is 37.2. The molecule has 2 aliphatic rings. The zero-order valence-electron chi connectivity index (χ0n) is 41.4. The summed E-state index contributed by atoms with van der Waals surface area (Å²) in [5, 5.41) is 48.0. The van der Waals surface area contributed by atoms with E-state index in [0.29, 0.717) is 58.9 Å². The standard InChI is InChI=1S/C56H54N16O4/c73-51(31-38-9-1-5-23-57-38)61-47-19-15-42(65-69-47)28-35-13-14-36(27-35)55(45-17-21-49(71-67-45)63-53(75)33-40-11-3-7-25-59-40)56(46-18-22-50(72-68-46)64-54(76)34-41-12-4-8-26-60-41)44-30-37(44)29-43-16-20-48(70-66-43)62-52(74)32-39-10-2-6-24-58-39/h1-12,15-26,35-37,44,55-56H,13-14,27-34H2,(H,61,69,73)(H,62,70,74)(H,63,71,75)(H,64,72,76)/t35?,36?,37-,44-,55?,56?/m1/s1. The number of aromatic nitrogens is 12. The zero-order valence-corrected chi connectivity index (χ0v) is 41.4. The maximum Gasteiger partial charge on any atom is 0.231 e. The van der Waals surface area contributed by atoms with Gasteiger partial charge >= 0.3 is 0 Å². The van der Waals surface area contributed by atoms with Crippen LogP contribution in [-0.4, -0.2) is 84.4 Å². The number of carbonyl (C=O) groups excluding carboxylic acids is 4. The lowest BCUT2D eigenvalue weighted by Crippen LogP contribution is -2.25. The van der Waals surface area contributed by atoms with Crippen LogP contribution in [0.15, 0.2) is 146 Å². The molecule has 0 spiro atoms. The van der Waals surface area contributed by atoms with Crippen LogP contribution in [0.3, 0.4) is 0 Å². The first-order valence-electron chi connectivity index (χ1n) is 25.3. The molecule has 0 aromatic carbocycles. The molecule has 382 valence electrons. The Morgan fingerprint density at radius 3 is 1.16 bits per heavy atom. The van der Waals surface area contributed by atoms with E-state index in [9.17, 15) is 19.2 Å². The van der Waals surface area contributed by atoms with Crippen LogP contribution in [-0.2, 0) is 57.7 Å². The third kappa shape index (κ3) is 13.9. The van der Waals surface area contributed by atoms with E-state index in [2.05, 4.69) is 71.8 Å². The quantitative estimate of drug-likeness (QED) is 0.0594. The van der Waals surface area contributed by atoms with Crippen molar-refractivity contribution in [2.75, 3.05) is 21.3 Å². The van der Waals surface area contributed by atoms with Crippen molar-refractivity contribution in [3.63, 3.8) is 0 Å². The molecule has 20 nitrogen and oxygen atoms in total. The SMILES string of the molecule is O=C(Cc1ccccn1)Nc1ccc(CC2CCC(C(c3ccc(NC(=O)Cc4ccccn4)nn3)C(c3ccc(NC(=O)Cc4ccccn4)nn3)[C@@H]3C[C@H]3Cc3ccc(NC(=O)Cc4ccccn4)nn3)C2)nn1. The molecule has 20 heteroatoms. The lowest BCUT2D eigenvalue weighted by atomic mass is 9.73. The minimum absolute atomic E-state index is 0.0835. The van der Waals surface area contributed by atoms with Gasteiger partial charge in [0.1, 0.15) is 0 Å². The Bertz CT molecular complexity index is 3200. The molecule has 4 N–H and O–H groups in total. The fourth-order valence-corrected chi connectivity index (χ4v) is 10.2. The van der Waals surface area contributed by atoms with Crippen molar-refractivity contribution in [1.29, 1.82) is 0 Å². The second kappa shape index (κ2) is 24.2. The van der Waals surface area contributed by atoms with Gasteiger partial charge in [0.25, 0.3) is 0 Å². The lowest BCUT2D eigenvalue weighted by Gasteiger charge is -2.32. The monoisotopic (exact) mass is 1010 g/mol. The fraction of sp³-hybridized carbons (Fsp3) is 0.286. The predicted octanol–water partition coefficient (Wildman–Crippen LogP) is 6.56. The maximum absolute atomic E-state index is 13.1. The van der Waals surface area contributed by atoms with Gasteiger partial charge in [0.2, 0.25) is 23.6 Å². The zero-order chi connectivity index (χ0) is 52.1. The van der Waals surface area contributed by atoms with Gasteiger partial charge in [0.15, 0.2) is 23.3 Å². The van der Waals surface area contributed by atoms with Gasteiger partial charge in [-0.05, 0) is 159 Å². The summed E-state index contributed by atoms with van der Waals surface area (Å²) in [6, 6.07) is 36.6. The van der Waals surface area contributed by atoms with Crippen LogP contribution in [0.25, 0.3) is 0 Å². The number of hydrogen-bond acceptors (Lipinski definition) is 16. The van der Waals surface area contributed by atoms with Gasteiger partial charge in [-0.1, -0.05) is 24.3 Å². The minimum atomic E-state index is -0.262. The smallest absolute Gasteiger partial charge is 0.231 e. The highest BCUT2D eigenvalue weighted by Gasteiger charge is 2.51. The van der Waals surface area contributed by atoms with Crippen molar-refractivity contribution >= 4 is 46.9 Å². The predicted molar refractivity (Wildman–Crippen MR) is 280 cm³/mol. The topological polar surface area (TPSA) is 271 Å². The number of anilines is 4. The summed E-state index contributed by atoms with van der Waals surface area (Å²) in [4.78, 5) is 68.8. The highest BCUT2D eigenvalue weighted by atomic mass is 16.2. The van der Waals surface area contributed by atoms with Crippen LogP contribution in [0.4, 0.5) is 23.3 Å². The number of nitrogens with one attached hydrogen (secondary N) is 4. The number of rotatable bonds is 21. The highest BCUT2D eigenvalue weighted by molar-refractivity contribution is 5.92. The van der Waals surface area contributed by atoms with E-state index >= 15 is 0 Å². The van der Waals surface area contributed by atoms with Gasteiger partial charge in [-0.3, -0.25) is 39.1 Å². The summed E-state index contributed by atoms with van der Waals surface area (Å²) < 4.78 is 0. The molecule has 8 heterocycles. The van der Waals surface area contributed by atoms with Gasteiger partial charge in [-0.15, -0.1) is 20.4 Å². The maximum atomic E-state index is 13.1. The molecule has 8 aromatic rings. The van der Waals surface area contributed by atoms with Crippen molar-refractivity contribution in [3.8, 4) is 0 Å². The van der Waals surface area contributed by atoms with E-state index in [4.69, 9.17) is 10.2 Å². The summed E-state index contributed by atoms with van der Waals surface area (Å²) in [5.74, 6) is 0.711. The minimum Gasteiger partial charge on any atom is -0.309 e. The van der Waals surface area contributed by atoms with Crippen LogP contribution in [0, 0.1) is 23.7 Å². The summed E-state index contributed by atoms with van der Waals surface area (Å²) in [6.45, 7) is 0. The molecule has 4 amide bonds. The number of carbonyl (C=O) groups is 4. The summed E-state index contributed by atoms with van der Waals surface area (Å²) in [6.07, 6.45) is 11.9. The lowest BCUT2D eigenvalue weighted by molar-refractivity contribution is -0.116. The second-order valence-corrected chi connectivity index (χ2v) is 19.2. The first-order valence-corrected chi connectivity index (χ1v) is 25.3. The van der Waals surface area contributed by atoms with E-state index in [1.807, 2.05) is 48.5 Å². The molecule has 0 radical (unpaired) electrons. The van der Waals surface area contributed by atoms with Crippen LogP contribution >= 0.6 is 0 Å². The molecule has 2 aliphatic carbocycles. The van der Waals surface area contributed by atoms with Crippen molar-refractivity contribution in [2.24, 2.45) is 23.7 Å². The Morgan fingerprint density at radius 1 is 0.395 bits per heavy atom. The van der Waals surface area contributed by atoms with Gasteiger partial charge in [0.05, 0.1) is 48.5 Å². The van der Waals surface area contributed by atoms with E-state index in [-0.39, 0.29) is 84.8 Å². The summed E-state index contributed by atoms with van der Waals surface area (Å²) >= 11 is 0. The average molecular weight is 1020 g/mol. The molecule has 0 bridgehead atoms. The van der Waals surface area contributed by atoms with Gasteiger partial charge in [-0.2, -0.15) is 20.4 Å². The Hall–Kier alpha value is -9.20. The molecule has 2 saturated carbocycles. The number of pyridine rings is 4. The van der Waals surface area contributed by atoms with E-state index < -0.39 is 0 Å². The molecular formula is C56H54N16O4. The van der Waals surface area contributed by atoms with Crippen molar-refractivity contribution in [1.82, 2.24) is 60.7 Å². The molecule has 0 saturated heterocycles. The third-order valence-electron chi connectivity index (χ3n) is 13.7. The van der Waals surface area contributed by atoms with Crippen LogP contribution in [0.1, 0.15) is 83.1 Å². The highest BCUT2D eigenvalue weighted by Crippen LogP contribution is 2.58. The second-order valence-electron chi connectivity index (χ2n) is 19.2. The number of amides is 4. The van der Waals surface area contributed by atoms with E-state index in [1.54, 1.807) is 97.6 Å². The Kier molecular flexibility index (Phi) is 16.0. The molecule has 6 atom stereocenters. The van der Waals surface area contributed by atoms with E-state index in [0.717, 1.165) is 48.5 Å². The number of hydrogen-bond donors (Lipinski definition) is 4. The molecule has 8 aromatic heterocycles. The molecule has 76 heavy (non-hydrogen) atoms. The van der Waals surface area contributed by atoms with Crippen LogP contribution in [0.2, 0.25) is 0 Å². The van der Waals surface area contributed by atoms with Crippen LogP contribution in [0.5, 0.6) is 0 Å². The molecule has 2 fully saturated rings. The van der Waals surface area contributed by atoms with Crippen molar-refractivity contribution in [2.45, 2.75) is 76.0 Å². The average Bonchev–Trinajstić information content (AvgIpc) is 4.03. The Labute approximate surface area is 437 Å². The Morgan fingerprint density at radius 2 is 0.789 bits per heavy atom. The normalized spacial score (nSPS) is 17.4. The molecule has 4 unspecified atom stereocenters. The van der Waals surface area contributed by atoms with Gasteiger partial charge in [0, 0.05) is 59.4 Å².